The lowest BCUT2D eigenvalue weighted by Crippen LogP contribution is -2.15. The molecule has 1 fully saturated rings. The van der Waals surface area contributed by atoms with E-state index in [4.69, 9.17) is 9.47 Å². The van der Waals surface area contributed by atoms with Gasteiger partial charge in [0.2, 0.25) is 0 Å². The average molecular weight is 288 g/mol. The highest BCUT2D eigenvalue weighted by molar-refractivity contribution is 5.40. The SMILES string of the molecule is COc1ccc(OC)c(Cn2cc(CNC3CC3)nn2)c1. The Kier molecular flexibility index (Phi) is 4.06. The van der Waals surface area contributed by atoms with Gasteiger partial charge in [-0.15, -0.1) is 5.10 Å². The molecule has 0 saturated heterocycles. The van der Waals surface area contributed by atoms with Gasteiger partial charge in [-0.3, -0.25) is 0 Å². The van der Waals surface area contributed by atoms with Gasteiger partial charge in [-0.05, 0) is 31.0 Å². The third-order valence-corrected chi connectivity index (χ3v) is 3.56. The van der Waals surface area contributed by atoms with Crippen LogP contribution in [-0.4, -0.2) is 35.3 Å². The van der Waals surface area contributed by atoms with Crippen molar-refractivity contribution >= 4 is 0 Å². The van der Waals surface area contributed by atoms with E-state index < -0.39 is 0 Å². The lowest BCUT2D eigenvalue weighted by Gasteiger charge is -2.10. The highest BCUT2D eigenvalue weighted by atomic mass is 16.5. The first-order chi connectivity index (χ1) is 10.3. The van der Waals surface area contributed by atoms with Gasteiger partial charge in [0.05, 0.1) is 32.7 Å². The molecule has 1 aliphatic carbocycles. The summed E-state index contributed by atoms with van der Waals surface area (Å²) in [5, 5.41) is 11.8. The zero-order chi connectivity index (χ0) is 14.7. The minimum absolute atomic E-state index is 0.608. The van der Waals surface area contributed by atoms with Crippen LogP contribution >= 0.6 is 0 Å². The van der Waals surface area contributed by atoms with E-state index in [2.05, 4.69) is 15.6 Å². The van der Waals surface area contributed by atoms with Crippen LogP contribution in [0.3, 0.4) is 0 Å². The Balaban J connectivity index is 1.69. The molecule has 0 aliphatic heterocycles. The normalized spacial score (nSPS) is 14.2. The van der Waals surface area contributed by atoms with Gasteiger partial charge >= 0.3 is 0 Å². The first-order valence-corrected chi connectivity index (χ1v) is 7.12. The second kappa shape index (κ2) is 6.13. The maximum atomic E-state index is 5.38. The van der Waals surface area contributed by atoms with E-state index in [0.29, 0.717) is 12.6 Å². The number of aromatic nitrogens is 3. The topological polar surface area (TPSA) is 61.2 Å². The first kappa shape index (κ1) is 13.9. The molecule has 0 bridgehead atoms. The van der Waals surface area contributed by atoms with E-state index >= 15 is 0 Å². The third kappa shape index (κ3) is 3.52. The van der Waals surface area contributed by atoms with E-state index in [1.807, 2.05) is 29.1 Å². The van der Waals surface area contributed by atoms with Crippen molar-refractivity contribution in [1.82, 2.24) is 20.3 Å². The Labute approximate surface area is 124 Å². The van der Waals surface area contributed by atoms with E-state index in [1.165, 1.54) is 12.8 Å². The van der Waals surface area contributed by atoms with Crippen molar-refractivity contribution in [2.24, 2.45) is 0 Å². The van der Waals surface area contributed by atoms with Gasteiger partial charge in [-0.25, -0.2) is 4.68 Å². The fraction of sp³-hybridized carbons (Fsp3) is 0.467. The Morgan fingerprint density at radius 2 is 2.14 bits per heavy atom. The molecule has 0 unspecified atom stereocenters. The molecule has 0 amide bonds. The van der Waals surface area contributed by atoms with Crippen LogP contribution in [0, 0.1) is 0 Å². The largest absolute Gasteiger partial charge is 0.497 e. The van der Waals surface area contributed by atoms with E-state index in [9.17, 15) is 0 Å². The van der Waals surface area contributed by atoms with Gasteiger partial charge in [0.25, 0.3) is 0 Å². The summed E-state index contributed by atoms with van der Waals surface area (Å²) < 4.78 is 12.5. The van der Waals surface area contributed by atoms with Crippen molar-refractivity contribution in [3.05, 3.63) is 35.7 Å². The van der Waals surface area contributed by atoms with Gasteiger partial charge < -0.3 is 14.8 Å². The van der Waals surface area contributed by atoms with Crippen LogP contribution in [0.2, 0.25) is 0 Å². The molecule has 1 N–H and O–H groups in total. The van der Waals surface area contributed by atoms with E-state index in [0.717, 1.165) is 29.3 Å². The van der Waals surface area contributed by atoms with Crippen LogP contribution in [0.4, 0.5) is 0 Å². The van der Waals surface area contributed by atoms with E-state index in [1.54, 1.807) is 14.2 Å². The second-order valence-electron chi connectivity index (χ2n) is 5.24. The highest BCUT2D eigenvalue weighted by Crippen LogP contribution is 2.24. The summed E-state index contributed by atoms with van der Waals surface area (Å²) in [6, 6.07) is 6.42. The lowest BCUT2D eigenvalue weighted by molar-refractivity contribution is 0.396. The van der Waals surface area contributed by atoms with Crippen LogP contribution in [0.5, 0.6) is 11.5 Å². The van der Waals surface area contributed by atoms with Crippen molar-refractivity contribution in [3.8, 4) is 11.5 Å². The number of nitrogens with zero attached hydrogens (tertiary/aromatic N) is 3. The maximum absolute atomic E-state index is 5.38. The summed E-state index contributed by atoms with van der Waals surface area (Å²) in [7, 11) is 3.32. The molecule has 112 valence electrons. The minimum Gasteiger partial charge on any atom is -0.497 e. The number of hydrogen-bond acceptors (Lipinski definition) is 5. The summed E-state index contributed by atoms with van der Waals surface area (Å²) in [5.41, 5.74) is 1.98. The quantitative estimate of drug-likeness (QED) is 0.838. The molecule has 2 aromatic rings. The van der Waals surface area contributed by atoms with Crippen molar-refractivity contribution in [2.45, 2.75) is 32.0 Å². The molecule has 0 atom stereocenters. The van der Waals surface area contributed by atoms with Gasteiger partial charge in [0.15, 0.2) is 0 Å². The van der Waals surface area contributed by atoms with Crippen LogP contribution in [0.15, 0.2) is 24.4 Å². The Hall–Kier alpha value is -2.08. The molecular formula is C15H20N4O2. The molecule has 1 heterocycles. The van der Waals surface area contributed by atoms with Gasteiger partial charge in [-0.2, -0.15) is 0 Å². The van der Waals surface area contributed by atoms with Crippen LogP contribution in [0.1, 0.15) is 24.1 Å². The number of ether oxygens (including phenoxy) is 2. The van der Waals surface area contributed by atoms with Crippen LogP contribution in [-0.2, 0) is 13.1 Å². The monoisotopic (exact) mass is 288 g/mol. The molecule has 0 spiro atoms. The van der Waals surface area contributed by atoms with Crippen molar-refractivity contribution in [2.75, 3.05) is 14.2 Å². The molecule has 3 rings (SSSR count). The summed E-state index contributed by atoms with van der Waals surface area (Å²) in [6.45, 7) is 1.39. The average Bonchev–Trinajstić information content (AvgIpc) is 3.24. The summed E-state index contributed by atoms with van der Waals surface area (Å²) in [4.78, 5) is 0. The number of methoxy groups -OCH3 is 2. The Bertz CT molecular complexity index is 607. The predicted octanol–water partition coefficient (Wildman–Crippen LogP) is 1.60. The van der Waals surface area contributed by atoms with Gasteiger partial charge in [0.1, 0.15) is 11.5 Å². The van der Waals surface area contributed by atoms with Crippen molar-refractivity contribution in [1.29, 1.82) is 0 Å². The van der Waals surface area contributed by atoms with Crippen molar-refractivity contribution < 1.29 is 9.47 Å². The molecule has 1 aromatic carbocycles. The number of nitrogens with one attached hydrogen (secondary N) is 1. The fourth-order valence-electron chi connectivity index (χ4n) is 2.21. The Morgan fingerprint density at radius 3 is 2.86 bits per heavy atom. The first-order valence-electron chi connectivity index (χ1n) is 7.12. The van der Waals surface area contributed by atoms with Gasteiger partial charge in [0, 0.05) is 18.2 Å². The van der Waals surface area contributed by atoms with Crippen LogP contribution < -0.4 is 14.8 Å². The van der Waals surface area contributed by atoms with Crippen molar-refractivity contribution in [3.63, 3.8) is 0 Å². The molecule has 0 radical (unpaired) electrons. The zero-order valence-corrected chi connectivity index (χ0v) is 12.4. The van der Waals surface area contributed by atoms with Gasteiger partial charge in [-0.1, -0.05) is 5.21 Å². The molecule has 1 aromatic heterocycles. The fourth-order valence-corrected chi connectivity index (χ4v) is 2.21. The molecule has 1 aliphatic rings. The third-order valence-electron chi connectivity index (χ3n) is 3.56. The maximum Gasteiger partial charge on any atom is 0.124 e. The highest BCUT2D eigenvalue weighted by Gasteiger charge is 2.20. The van der Waals surface area contributed by atoms with E-state index in [-0.39, 0.29) is 0 Å². The summed E-state index contributed by atoms with van der Waals surface area (Å²) in [6.07, 6.45) is 4.51. The number of hydrogen-bond donors (Lipinski definition) is 1. The zero-order valence-electron chi connectivity index (χ0n) is 12.4. The summed E-state index contributed by atoms with van der Waals surface area (Å²) in [5.74, 6) is 1.63. The second-order valence-corrected chi connectivity index (χ2v) is 5.24. The molecular weight excluding hydrogens is 268 g/mol. The van der Waals surface area contributed by atoms with Crippen LogP contribution in [0.25, 0.3) is 0 Å². The molecule has 6 nitrogen and oxygen atoms in total. The lowest BCUT2D eigenvalue weighted by atomic mass is 10.2. The Morgan fingerprint density at radius 1 is 1.29 bits per heavy atom. The summed E-state index contributed by atoms with van der Waals surface area (Å²) >= 11 is 0. The molecule has 21 heavy (non-hydrogen) atoms. The minimum atomic E-state index is 0.608. The number of rotatable bonds is 7. The molecule has 6 heteroatoms. The number of benzene rings is 1. The smallest absolute Gasteiger partial charge is 0.124 e. The molecule has 1 saturated carbocycles. The standard InChI is InChI=1S/C15H20N4O2/c1-20-14-5-6-15(21-2)11(7-14)9-19-10-13(17-18-19)8-16-12-3-4-12/h5-7,10,12,16H,3-4,8-9H2,1-2H3. The predicted molar refractivity (Wildman–Crippen MR) is 78.5 cm³/mol.